The van der Waals surface area contributed by atoms with E-state index in [1.807, 2.05) is 23.7 Å². The van der Waals surface area contributed by atoms with Crippen LogP contribution >= 0.6 is 11.3 Å². The van der Waals surface area contributed by atoms with Crippen LogP contribution in [0.1, 0.15) is 80.9 Å². The van der Waals surface area contributed by atoms with Crippen molar-refractivity contribution in [2.45, 2.75) is 63.2 Å². The fourth-order valence-corrected chi connectivity index (χ4v) is 7.42. The van der Waals surface area contributed by atoms with Crippen molar-refractivity contribution in [2.24, 2.45) is 0 Å². The lowest BCUT2D eigenvalue weighted by atomic mass is 10.0. The van der Waals surface area contributed by atoms with Gasteiger partial charge in [-0.05, 0) is 61.6 Å². The van der Waals surface area contributed by atoms with E-state index in [9.17, 15) is 28.4 Å². The molecule has 294 valence electrons. The van der Waals surface area contributed by atoms with Gasteiger partial charge in [0.25, 0.3) is 11.8 Å². The molecular weight excluding hydrogens is 744 g/mol. The van der Waals surface area contributed by atoms with Gasteiger partial charge in [0.1, 0.15) is 12.2 Å². The van der Waals surface area contributed by atoms with E-state index in [4.69, 9.17) is 14.2 Å². The minimum Gasteiger partial charge on any atom is -0.382 e. The van der Waals surface area contributed by atoms with Crippen molar-refractivity contribution in [3.05, 3.63) is 82.1 Å². The number of nitrogens with zero attached hydrogens (tertiary/aromatic N) is 3. The molecular formula is C40H43FN6O8S. The van der Waals surface area contributed by atoms with E-state index in [0.717, 1.165) is 44.9 Å². The highest BCUT2D eigenvalue weighted by Gasteiger charge is 2.45. The van der Waals surface area contributed by atoms with Crippen LogP contribution in [0.5, 0.6) is 0 Å². The molecule has 2 unspecified atom stereocenters. The van der Waals surface area contributed by atoms with Crippen molar-refractivity contribution in [1.82, 2.24) is 20.2 Å². The van der Waals surface area contributed by atoms with Crippen LogP contribution in [0.15, 0.2) is 54.2 Å². The first kappa shape index (κ1) is 39.1. The Hall–Kier alpha value is -5.16. The van der Waals surface area contributed by atoms with Crippen LogP contribution < -0.4 is 16.0 Å². The fraction of sp³-hybridized carbons (Fsp3) is 0.425. The van der Waals surface area contributed by atoms with Gasteiger partial charge in [-0.2, -0.15) is 0 Å². The number of imide groups is 2. The summed E-state index contributed by atoms with van der Waals surface area (Å²) in [6.07, 6.45) is 3.24. The van der Waals surface area contributed by atoms with E-state index in [-0.39, 0.29) is 75.6 Å². The van der Waals surface area contributed by atoms with Gasteiger partial charge in [0.15, 0.2) is 5.78 Å². The summed E-state index contributed by atoms with van der Waals surface area (Å²) < 4.78 is 32.3. The monoisotopic (exact) mass is 786 g/mol. The average Bonchev–Trinajstić information content (AvgIpc) is 3.81. The number of hydrogen-bond acceptors (Lipinski definition) is 13. The zero-order valence-corrected chi connectivity index (χ0v) is 31.5. The van der Waals surface area contributed by atoms with Crippen molar-refractivity contribution in [3.63, 3.8) is 0 Å². The van der Waals surface area contributed by atoms with Gasteiger partial charge in [-0.1, -0.05) is 12.1 Å². The van der Waals surface area contributed by atoms with Crippen LogP contribution in [0.2, 0.25) is 0 Å². The van der Waals surface area contributed by atoms with Crippen molar-refractivity contribution in [2.75, 3.05) is 56.8 Å². The minimum atomic E-state index is -1.30. The van der Waals surface area contributed by atoms with Gasteiger partial charge in [0.2, 0.25) is 11.8 Å². The first-order chi connectivity index (χ1) is 27.2. The van der Waals surface area contributed by atoms with Crippen LogP contribution in [0, 0.1) is 0 Å². The lowest BCUT2D eigenvalue weighted by molar-refractivity contribution is -0.136. The van der Waals surface area contributed by atoms with Gasteiger partial charge in [-0.25, -0.2) is 9.37 Å². The van der Waals surface area contributed by atoms with E-state index < -0.39 is 35.8 Å². The second-order valence-corrected chi connectivity index (χ2v) is 14.8. The number of hydrogen-bond donors (Lipinski definition) is 3. The number of benzene rings is 2. The van der Waals surface area contributed by atoms with E-state index in [0.29, 0.717) is 36.9 Å². The number of pyridine rings is 1. The third-order valence-electron chi connectivity index (χ3n) is 9.74. The smallest absolute Gasteiger partial charge is 0.264 e. The SMILES string of the molecule is O=C1CCC(N2C(=O)c3cccc(NCCOCCOCCOCC(F)CCC(=O)c4cnc(Cc5ccc6ncsc6c5)cc4NC4CC4)c3C2=O)C(=O)N1. The number of carbonyl (C=O) groups excluding carboxylic acids is 5. The van der Waals surface area contributed by atoms with Gasteiger partial charge >= 0.3 is 0 Å². The number of carbonyl (C=O) groups is 5. The Kier molecular flexibility index (Phi) is 12.7. The van der Waals surface area contributed by atoms with Gasteiger partial charge < -0.3 is 24.8 Å². The maximum absolute atomic E-state index is 14.7. The van der Waals surface area contributed by atoms with E-state index in [1.54, 1.807) is 29.7 Å². The zero-order chi connectivity index (χ0) is 39.0. The summed E-state index contributed by atoms with van der Waals surface area (Å²) in [7, 11) is 0. The largest absolute Gasteiger partial charge is 0.382 e. The van der Waals surface area contributed by atoms with Crippen LogP contribution in [-0.4, -0.2) is 109 Å². The van der Waals surface area contributed by atoms with Crippen molar-refractivity contribution < 1.29 is 42.6 Å². The normalized spacial score (nSPS) is 17.3. The van der Waals surface area contributed by atoms with Gasteiger partial charge in [0, 0.05) is 55.1 Å². The molecule has 3 aliphatic rings. The average molecular weight is 787 g/mol. The summed E-state index contributed by atoms with van der Waals surface area (Å²) in [6, 6.07) is 12.3. The molecule has 4 amide bonds. The number of nitrogens with one attached hydrogen (secondary N) is 3. The molecule has 1 saturated carbocycles. The molecule has 0 bridgehead atoms. The minimum absolute atomic E-state index is 0.0371. The van der Waals surface area contributed by atoms with Crippen LogP contribution in [-0.2, 0) is 30.2 Å². The molecule has 2 fully saturated rings. The van der Waals surface area contributed by atoms with Crippen LogP contribution in [0.3, 0.4) is 0 Å². The van der Waals surface area contributed by atoms with Crippen LogP contribution in [0.25, 0.3) is 10.2 Å². The highest BCUT2D eigenvalue weighted by molar-refractivity contribution is 7.16. The highest BCUT2D eigenvalue weighted by atomic mass is 32.1. The number of rotatable bonds is 21. The molecule has 2 aliphatic heterocycles. The maximum atomic E-state index is 14.7. The number of halogens is 1. The Balaban J connectivity index is 0.756. The summed E-state index contributed by atoms with van der Waals surface area (Å²) in [5, 5.41) is 8.76. The molecule has 7 rings (SSSR count). The van der Waals surface area contributed by atoms with Crippen LogP contribution in [0.4, 0.5) is 15.8 Å². The summed E-state index contributed by atoms with van der Waals surface area (Å²) in [4.78, 5) is 73.1. The molecule has 16 heteroatoms. The topological polar surface area (TPSA) is 178 Å². The lowest BCUT2D eigenvalue weighted by Crippen LogP contribution is -2.54. The van der Waals surface area contributed by atoms with Crippen molar-refractivity contribution >= 4 is 62.3 Å². The number of Topliss-reactive ketones (excluding diaryl/α,β-unsaturated/α-hetero) is 1. The molecule has 2 atom stereocenters. The number of thiazole rings is 1. The molecule has 3 N–H and O–H groups in total. The fourth-order valence-electron chi connectivity index (χ4n) is 6.68. The molecule has 2 aromatic carbocycles. The number of piperidine rings is 1. The second-order valence-electron chi connectivity index (χ2n) is 13.9. The van der Waals surface area contributed by atoms with E-state index in [1.165, 1.54) is 6.07 Å². The third kappa shape index (κ3) is 9.61. The molecule has 0 radical (unpaired) electrons. The number of fused-ring (bicyclic) bond motifs is 2. The summed E-state index contributed by atoms with van der Waals surface area (Å²) in [5.41, 5.74) is 6.82. The molecule has 1 saturated heterocycles. The lowest BCUT2D eigenvalue weighted by Gasteiger charge is -2.27. The third-order valence-corrected chi connectivity index (χ3v) is 10.5. The first-order valence-electron chi connectivity index (χ1n) is 18.8. The van der Waals surface area contributed by atoms with Gasteiger partial charge in [-0.3, -0.25) is 39.2 Å². The molecule has 0 spiro atoms. The molecule has 56 heavy (non-hydrogen) atoms. The Morgan fingerprint density at radius 1 is 0.946 bits per heavy atom. The van der Waals surface area contributed by atoms with Gasteiger partial charge in [-0.15, -0.1) is 11.3 Å². The predicted molar refractivity (Wildman–Crippen MR) is 206 cm³/mol. The second kappa shape index (κ2) is 18.2. The first-order valence-corrected chi connectivity index (χ1v) is 19.7. The van der Waals surface area contributed by atoms with Gasteiger partial charge in [0.05, 0.1) is 72.1 Å². The Morgan fingerprint density at radius 2 is 1.75 bits per heavy atom. The Bertz CT molecular complexity index is 2110. The summed E-state index contributed by atoms with van der Waals surface area (Å²) >= 11 is 1.60. The summed E-state index contributed by atoms with van der Waals surface area (Å²) in [6.45, 7) is 1.50. The van der Waals surface area contributed by atoms with E-state index in [2.05, 4.69) is 32.0 Å². The molecule has 4 aromatic rings. The number of ketones is 1. The summed E-state index contributed by atoms with van der Waals surface area (Å²) in [5.74, 6) is -2.40. The molecule has 2 aromatic heterocycles. The predicted octanol–water partition coefficient (Wildman–Crippen LogP) is 4.72. The molecule has 14 nitrogen and oxygen atoms in total. The Morgan fingerprint density at radius 3 is 2.55 bits per heavy atom. The Labute approximate surface area is 326 Å². The molecule has 1 aliphatic carbocycles. The number of ether oxygens (including phenoxy) is 3. The number of alkyl halides is 1. The maximum Gasteiger partial charge on any atom is 0.264 e. The number of amides is 4. The van der Waals surface area contributed by atoms with E-state index >= 15 is 0 Å². The standard InChI is InChI=1S/C40H43FN6O8S/c41-25(5-10-34(48)29-21-43-27(20-32(29)45-26-6-7-26)18-24-4-8-30-35(19-24)56-23-44-30)22-55-17-16-54-15-14-53-13-12-42-31-3-1-2-28-37(31)40(52)47(39(28)51)33-9-11-36(49)46-38(33)50/h1-4,8,19-21,23,25-26,33,42H,5-7,9-18,22H2,(H,43,45)(H,46,49,50). The van der Waals surface area contributed by atoms with Crippen molar-refractivity contribution in [1.29, 1.82) is 0 Å². The zero-order valence-electron chi connectivity index (χ0n) is 30.7. The number of anilines is 2. The quantitative estimate of drug-likeness (QED) is 0.0603. The van der Waals surface area contributed by atoms with Crippen molar-refractivity contribution in [3.8, 4) is 0 Å². The number of aromatic nitrogens is 2. The highest BCUT2D eigenvalue weighted by Crippen LogP contribution is 2.33. The molecule has 4 heterocycles.